The monoisotopic (exact) mass is 334 g/mol. The highest BCUT2D eigenvalue weighted by Gasteiger charge is 2.10. The van der Waals surface area contributed by atoms with Gasteiger partial charge in [-0.2, -0.15) is 18.9 Å². The van der Waals surface area contributed by atoms with Crippen LogP contribution in [-0.2, 0) is 19.2 Å². The standard InChI is InChI=1S/C14H14N4O4S/c1-10(2)21-17-13(8-15)11-5-4-6-12(7-11)14(9-16)18-22-23(3,19)20/h4-7,10H,1-3H3/b17-13+,18-14+. The van der Waals surface area contributed by atoms with Crippen LogP contribution in [0.3, 0.4) is 0 Å². The lowest BCUT2D eigenvalue weighted by Gasteiger charge is -2.04. The normalized spacial score (nSPS) is 12.4. The molecule has 0 fully saturated rings. The second-order valence-electron chi connectivity index (χ2n) is 4.62. The van der Waals surface area contributed by atoms with Crippen molar-refractivity contribution in [1.82, 2.24) is 0 Å². The van der Waals surface area contributed by atoms with Crippen LogP contribution in [0.2, 0.25) is 0 Å². The highest BCUT2D eigenvalue weighted by molar-refractivity contribution is 7.85. The van der Waals surface area contributed by atoms with Crippen molar-refractivity contribution >= 4 is 21.5 Å². The maximum Gasteiger partial charge on any atom is 0.325 e. The Morgan fingerprint density at radius 2 is 1.65 bits per heavy atom. The second kappa shape index (κ2) is 7.92. The molecule has 0 amide bonds. The average Bonchev–Trinajstić information content (AvgIpc) is 2.47. The first-order valence-corrected chi connectivity index (χ1v) is 8.20. The molecule has 120 valence electrons. The average molecular weight is 334 g/mol. The van der Waals surface area contributed by atoms with Gasteiger partial charge in [-0.3, -0.25) is 4.28 Å². The van der Waals surface area contributed by atoms with Gasteiger partial charge in [0.2, 0.25) is 0 Å². The predicted octanol–water partition coefficient (Wildman–Crippen LogP) is 1.54. The van der Waals surface area contributed by atoms with Crippen molar-refractivity contribution in [2.45, 2.75) is 20.0 Å². The van der Waals surface area contributed by atoms with E-state index in [1.165, 1.54) is 12.1 Å². The Kier molecular flexibility index (Phi) is 6.24. The van der Waals surface area contributed by atoms with Crippen molar-refractivity contribution in [3.05, 3.63) is 35.4 Å². The van der Waals surface area contributed by atoms with Crippen LogP contribution in [0.25, 0.3) is 0 Å². The van der Waals surface area contributed by atoms with E-state index < -0.39 is 10.1 Å². The van der Waals surface area contributed by atoms with Gasteiger partial charge in [0.1, 0.15) is 18.2 Å². The lowest BCUT2D eigenvalue weighted by molar-refractivity contribution is 0.0865. The Hall–Kier alpha value is -2.91. The quantitative estimate of drug-likeness (QED) is 0.574. The smallest absolute Gasteiger partial charge is 0.325 e. The molecule has 23 heavy (non-hydrogen) atoms. The molecule has 8 nitrogen and oxygen atoms in total. The van der Waals surface area contributed by atoms with Gasteiger partial charge in [0.25, 0.3) is 0 Å². The van der Waals surface area contributed by atoms with E-state index in [0.717, 1.165) is 6.26 Å². The number of nitrogens with zero attached hydrogens (tertiary/aromatic N) is 4. The summed E-state index contributed by atoms with van der Waals surface area (Å²) in [6, 6.07) is 9.77. The van der Waals surface area contributed by atoms with Gasteiger partial charge in [-0.25, -0.2) is 0 Å². The van der Waals surface area contributed by atoms with Crippen LogP contribution in [0.1, 0.15) is 25.0 Å². The minimum Gasteiger partial charge on any atom is -0.392 e. The second-order valence-corrected chi connectivity index (χ2v) is 6.17. The topological polar surface area (TPSA) is 125 Å². The molecule has 1 rings (SSSR count). The SMILES string of the molecule is CC(C)O/N=C(\C#N)c1cccc(/C(C#N)=N/OS(C)(=O)=O)c1. The first-order valence-electron chi connectivity index (χ1n) is 6.38. The summed E-state index contributed by atoms with van der Waals surface area (Å²) in [7, 11) is -3.82. The molecule has 0 bridgehead atoms. The highest BCUT2D eigenvalue weighted by atomic mass is 32.2. The minimum atomic E-state index is -3.82. The summed E-state index contributed by atoms with van der Waals surface area (Å²) in [5.74, 6) is 0. The number of hydrogen-bond acceptors (Lipinski definition) is 8. The zero-order valence-corrected chi connectivity index (χ0v) is 13.5. The van der Waals surface area contributed by atoms with E-state index >= 15 is 0 Å². The molecule has 0 aliphatic heterocycles. The third-order valence-electron chi connectivity index (χ3n) is 2.24. The molecular formula is C14H14N4O4S. The molecule has 1 aromatic rings. The van der Waals surface area contributed by atoms with E-state index in [0.29, 0.717) is 5.56 Å². The van der Waals surface area contributed by atoms with E-state index in [-0.39, 0.29) is 23.1 Å². The zero-order chi connectivity index (χ0) is 17.5. The maximum atomic E-state index is 10.9. The fourth-order valence-corrected chi connectivity index (χ4v) is 1.56. The molecule has 0 radical (unpaired) electrons. The summed E-state index contributed by atoms with van der Waals surface area (Å²) >= 11 is 0. The van der Waals surface area contributed by atoms with Crippen LogP contribution < -0.4 is 0 Å². The fraction of sp³-hybridized carbons (Fsp3) is 0.286. The maximum absolute atomic E-state index is 10.9. The Morgan fingerprint density at radius 1 is 1.13 bits per heavy atom. The zero-order valence-electron chi connectivity index (χ0n) is 12.7. The molecule has 9 heteroatoms. The van der Waals surface area contributed by atoms with Gasteiger partial charge in [-0.15, -0.1) is 0 Å². The van der Waals surface area contributed by atoms with Crippen LogP contribution in [0.5, 0.6) is 0 Å². The number of oxime groups is 2. The lowest BCUT2D eigenvalue weighted by atomic mass is 10.0. The summed E-state index contributed by atoms with van der Waals surface area (Å²) in [5.41, 5.74) is 0.440. The van der Waals surface area contributed by atoms with Crippen molar-refractivity contribution in [2.24, 2.45) is 10.3 Å². The summed E-state index contributed by atoms with van der Waals surface area (Å²) in [6.07, 6.45) is 0.618. The van der Waals surface area contributed by atoms with Crippen LogP contribution in [-0.4, -0.2) is 32.2 Å². The van der Waals surface area contributed by atoms with Gasteiger partial charge in [0.15, 0.2) is 11.4 Å². The third kappa shape index (κ3) is 6.16. The van der Waals surface area contributed by atoms with E-state index in [2.05, 4.69) is 14.6 Å². The Morgan fingerprint density at radius 3 is 2.09 bits per heavy atom. The molecule has 0 N–H and O–H groups in total. The lowest BCUT2D eigenvalue weighted by Crippen LogP contribution is -2.06. The van der Waals surface area contributed by atoms with E-state index in [1.807, 2.05) is 6.07 Å². The molecule has 0 spiro atoms. The van der Waals surface area contributed by atoms with Crippen LogP contribution in [0.15, 0.2) is 34.6 Å². The molecule has 0 aliphatic carbocycles. The Balaban J connectivity index is 3.20. The summed E-state index contributed by atoms with van der Waals surface area (Å²) in [4.78, 5) is 5.03. The van der Waals surface area contributed by atoms with Crippen molar-refractivity contribution in [3.63, 3.8) is 0 Å². The van der Waals surface area contributed by atoms with Crippen LogP contribution >= 0.6 is 0 Å². The minimum absolute atomic E-state index is 0.0156. The highest BCUT2D eigenvalue weighted by Crippen LogP contribution is 2.09. The molecule has 0 unspecified atom stereocenters. The summed E-state index contributed by atoms with van der Waals surface area (Å²) in [6.45, 7) is 3.52. The number of nitriles is 2. The first-order chi connectivity index (χ1) is 10.8. The molecule has 0 saturated heterocycles. The van der Waals surface area contributed by atoms with E-state index in [1.54, 1.807) is 32.0 Å². The van der Waals surface area contributed by atoms with Gasteiger partial charge in [-0.1, -0.05) is 28.5 Å². The molecular weight excluding hydrogens is 320 g/mol. The van der Waals surface area contributed by atoms with Gasteiger partial charge >= 0.3 is 10.1 Å². The molecule has 0 heterocycles. The molecule has 0 atom stereocenters. The predicted molar refractivity (Wildman–Crippen MR) is 82.9 cm³/mol. The van der Waals surface area contributed by atoms with Gasteiger partial charge in [0, 0.05) is 11.1 Å². The van der Waals surface area contributed by atoms with Crippen molar-refractivity contribution < 1.29 is 17.5 Å². The summed E-state index contributed by atoms with van der Waals surface area (Å²) in [5, 5.41) is 25.2. The number of hydrogen-bond donors (Lipinski definition) is 0. The Bertz CT molecular complexity index is 814. The van der Waals surface area contributed by atoms with Crippen molar-refractivity contribution in [2.75, 3.05) is 6.26 Å². The third-order valence-corrected chi connectivity index (χ3v) is 2.59. The number of benzene rings is 1. The molecule has 0 aromatic heterocycles. The van der Waals surface area contributed by atoms with E-state index in [9.17, 15) is 8.42 Å². The molecule has 0 saturated carbocycles. The van der Waals surface area contributed by atoms with Crippen LogP contribution in [0.4, 0.5) is 0 Å². The van der Waals surface area contributed by atoms with Crippen LogP contribution in [0, 0.1) is 22.7 Å². The number of rotatable bonds is 6. The van der Waals surface area contributed by atoms with Crippen molar-refractivity contribution in [3.8, 4) is 12.1 Å². The molecule has 0 aliphatic rings. The van der Waals surface area contributed by atoms with Crippen molar-refractivity contribution in [1.29, 1.82) is 10.5 Å². The Labute approximate surface area is 134 Å². The van der Waals surface area contributed by atoms with E-state index in [4.69, 9.17) is 15.4 Å². The largest absolute Gasteiger partial charge is 0.392 e. The fourth-order valence-electron chi connectivity index (χ4n) is 1.35. The first kappa shape index (κ1) is 18.1. The van der Waals surface area contributed by atoms with Gasteiger partial charge < -0.3 is 4.84 Å². The molecule has 1 aromatic carbocycles. The van der Waals surface area contributed by atoms with Gasteiger partial charge in [0.05, 0.1) is 6.26 Å². The summed E-state index contributed by atoms with van der Waals surface area (Å²) < 4.78 is 26.1. The van der Waals surface area contributed by atoms with Gasteiger partial charge in [-0.05, 0) is 19.9 Å².